The number of fused-ring (bicyclic) bond motifs is 2. The van der Waals surface area contributed by atoms with Gasteiger partial charge in [0.25, 0.3) is 11.8 Å². The van der Waals surface area contributed by atoms with E-state index in [4.69, 9.17) is 0 Å². The normalized spacial score (nSPS) is 16.2. The molecule has 1 aliphatic heterocycles. The van der Waals surface area contributed by atoms with E-state index >= 15 is 0 Å². The second-order valence-corrected chi connectivity index (χ2v) is 10.5. The van der Waals surface area contributed by atoms with Crippen LogP contribution in [0.5, 0.6) is 0 Å². The van der Waals surface area contributed by atoms with Crippen molar-refractivity contribution in [2.75, 3.05) is 14.1 Å². The maximum absolute atomic E-state index is 13.0. The Bertz CT molecular complexity index is 1480. The molecule has 0 saturated carbocycles. The number of imide groups is 1. The van der Waals surface area contributed by atoms with E-state index in [2.05, 4.69) is 47.1 Å². The summed E-state index contributed by atoms with van der Waals surface area (Å²) in [5.41, 5.74) is 4.64. The second-order valence-electron chi connectivity index (χ2n) is 8.62. The van der Waals surface area contributed by atoms with E-state index in [1.807, 2.05) is 55.4 Å². The number of hydrogen-bond acceptors (Lipinski definition) is 4. The highest BCUT2D eigenvalue weighted by Gasteiger charge is 2.34. The Labute approximate surface area is 212 Å². The molecule has 174 valence electrons. The molecule has 0 radical (unpaired) electrons. The molecule has 2 amide bonds. The van der Waals surface area contributed by atoms with Crippen LogP contribution in [0.2, 0.25) is 0 Å². The van der Waals surface area contributed by atoms with Crippen molar-refractivity contribution >= 4 is 76.6 Å². The summed E-state index contributed by atoms with van der Waals surface area (Å²) in [6.07, 6.45) is 3.34. The number of likely N-dealkylation sites (N-methyl/N-ethyl adjacent to an activating group) is 1. The van der Waals surface area contributed by atoms with Crippen molar-refractivity contribution in [3.05, 3.63) is 70.0 Å². The molecular formula is C25H22Br2N4O3. The predicted molar refractivity (Wildman–Crippen MR) is 140 cm³/mol. The first-order chi connectivity index (χ1) is 16.2. The van der Waals surface area contributed by atoms with E-state index in [-0.39, 0.29) is 4.95 Å². The highest BCUT2D eigenvalue weighted by Crippen LogP contribution is 2.38. The number of benzene rings is 2. The highest BCUT2D eigenvalue weighted by atomic mass is 79.9. The van der Waals surface area contributed by atoms with Crippen molar-refractivity contribution in [3.63, 3.8) is 0 Å². The first-order valence-electron chi connectivity index (χ1n) is 10.7. The second kappa shape index (κ2) is 8.81. The van der Waals surface area contributed by atoms with Gasteiger partial charge in [0.15, 0.2) is 0 Å². The molecule has 0 aliphatic carbocycles. The number of nitrogens with one attached hydrogen (secondary N) is 3. The largest absolute Gasteiger partial charge is 0.390 e. The van der Waals surface area contributed by atoms with Crippen LogP contribution in [0.1, 0.15) is 16.7 Å². The maximum atomic E-state index is 13.0. The Balaban J connectivity index is 1.65. The molecule has 0 spiro atoms. The third-order valence-electron chi connectivity index (χ3n) is 6.12. The standard InChI is InChI=1S/C25H22Br2N4O3/c1-31(2)23(27)20(32)8-12-3-5-18-14(7-12)16(10-28-18)21-22(25(34)30-24(21)33)17-11-29-19-6-4-13(26)9-15(17)19/h3-7,9-11,20,23,28-29,32H,8H2,1-2H3,(H,30,33,34). The van der Waals surface area contributed by atoms with Gasteiger partial charge >= 0.3 is 0 Å². The average molecular weight is 586 g/mol. The van der Waals surface area contributed by atoms with Gasteiger partial charge in [0.1, 0.15) is 0 Å². The minimum atomic E-state index is -0.620. The molecule has 3 heterocycles. The number of carbonyl (C=O) groups is 2. The average Bonchev–Trinajstić information content (AvgIpc) is 3.47. The summed E-state index contributed by atoms with van der Waals surface area (Å²) in [4.78, 5) is 34.0. The van der Waals surface area contributed by atoms with Crippen LogP contribution in [0.3, 0.4) is 0 Å². The Morgan fingerprint density at radius 2 is 1.47 bits per heavy atom. The van der Waals surface area contributed by atoms with E-state index in [0.29, 0.717) is 28.7 Å². The van der Waals surface area contributed by atoms with Gasteiger partial charge in [0.05, 0.1) is 22.2 Å². The number of halogens is 2. The Kier molecular flexibility index (Phi) is 5.97. The van der Waals surface area contributed by atoms with Gasteiger partial charge in [0.2, 0.25) is 0 Å². The molecule has 4 N–H and O–H groups in total. The number of hydrogen-bond donors (Lipinski definition) is 4. The molecule has 0 bridgehead atoms. The van der Waals surface area contributed by atoms with E-state index in [0.717, 1.165) is 31.8 Å². The summed E-state index contributed by atoms with van der Waals surface area (Å²) in [5.74, 6) is -0.848. The number of aliphatic hydroxyl groups is 1. The number of alkyl halides is 1. The SMILES string of the molecule is CN(C)C(Br)C(O)Cc1ccc2[nH]cc(C3=C(c4c[nH]c5ccc(Br)cc45)C(=O)NC3=O)c2c1. The van der Waals surface area contributed by atoms with Gasteiger partial charge in [0, 0.05) is 56.2 Å². The van der Waals surface area contributed by atoms with Gasteiger partial charge in [-0.2, -0.15) is 0 Å². The van der Waals surface area contributed by atoms with Crippen LogP contribution in [0.15, 0.2) is 53.3 Å². The van der Waals surface area contributed by atoms with Crippen molar-refractivity contribution < 1.29 is 14.7 Å². The van der Waals surface area contributed by atoms with Crippen molar-refractivity contribution in [2.24, 2.45) is 0 Å². The summed E-state index contributed by atoms with van der Waals surface area (Å²) in [6.45, 7) is 0. The number of aromatic amines is 2. The maximum Gasteiger partial charge on any atom is 0.259 e. The molecule has 2 aromatic heterocycles. The van der Waals surface area contributed by atoms with Crippen LogP contribution < -0.4 is 5.32 Å². The monoisotopic (exact) mass is 584 g/mol. The number of aromatic nitrogens is 2. The lowest BCUT2D eigenvalue weighted by Crippen LogP contribution is -2.35. The highest BCUT2D eigenvalue weighted by molar-refractivity contribution is 9.10. The van der Waals surface area contributed by atoms with Crippen LogP contribution in [0.25, 0.3) is 33.0 Å². The van der Waals surface area contributed by atoms with Gasteiger partial charge in [-0.25, -0.2) is 0 Å². The van der Waals surface area contributed by atoms with Crippen molar-refractivity contribution in [1.29, 1.82) is 0 Å². The molecular weight excluding hydrogens is 564 g/mol. The molecule has 34 heavy (non-hydrogen) atoms. The van der Waals surface area contributed by atoms with E-state index < -0.39 is 17.9 Å². The molecule has 0 saturated heterocycles. The first kappa shape index (κ1) is 23.0. The Morgan fingerprint density at radius 3 is 2.06 bits per heavy atom. The fourth-order valence-electron chi connectivity index (χ4n) is 4.45. The number of rotatable bonds is 6. The van der Waals surface area contributed by atoms with Crippen LogP contribution in [-0.2, 0) is 16.0 Å². The zero-order valence-electron chi connectivity index (χ0n) is 18.4. The Hall–Kier alpha value is -2.72. The molecule has 2 aromatic carbocycles. The first-order valence-corrected chi connectivity index (χ1v) is 12.4. The summed E-state index contributed by atoms with van der Waals surface area (Å²) in [6, 6.07) is 11.6. The lowest BCUT2D eigenvalue weighted by molar-refractivity contribution is -0.122. The van der Waals surface area contributed by atoms with Crippen LogP contribution in [0, 0.1) is 0 Å². The molecule has 9 heteroatoms. The van der Waals surface area contributed by atoms with Gasteiger partial charge < -0.3 is 15.1 Å². The fraction of sp³-hybridized carbons (Fsp3) is 0.200. The van der Waals surface area contributed by atoms with Crippen LogP contribution >= 0.6 is 31.9 Å². The number of aliphatic hydroxyl groups excluding tert-OH is 1. The minimum absolute atomic E-state index is 0.192. The minimum Gasteiger partial charge on any atom is -0.390 e. The topological polar surface area (TPSA) is 101 Å². The predicted octanol–water partition coefficient (Wildman–Crippen LogP) is 4.16. The quantitative estimate of drug-likeness (QED) is 0.155. The summed E-state index contributed by atoms with van der Waals surface area (Å²) >= 11 is 7.00. The molecule has 0 fully saturated rings. The fourth-order valence-corrected chi connectivity index (χ4v) is 5.00. The van der Waals surface area contributed by atoms with Gasteiger partial charge in [-0.15, -0.1) is 0 Å². The third kappa shape index (κ3) is 3.92. The van der Waals surface area contributed by atoms with Crippen molar-refractivity contribution in [1.82, 2.24) is 20.2 Å². The molecule has 1 aliphatic rings. The van der Waals surface area contributed by atoms with E-state index in [1.54, 1.807) is 12.4 Å². The third-order valence-corrected chi connectivity index (χ3v) is 8.04. The van der Waals surface area contributed by atoms with Crippen LogP contribution in [0.4, 0.5) is 0 Å². The zero-order chi connectivity index (χ0) is 24.1. The summed E-state index contributed by atoms with van der Waals surface area (Å²) < 4.78 is 0.880. The summed E-state index contributed by atoms with van der Waals surface area (Å²) in [7, 11) is 3.78. The molecule has 4 aromatic rings. The van der Waals surface area contributed by atoms with E-state index in [1.165, 1.54) is 0 Å². The van der Waals surface area contributed by atoms with Crippen molar-refractivity contribution in [2.45, 2.75) is 17.5 Å². The summed E-state index contributed by atoms with van der Waals surface area (Å²) in [5, 5.41) is 14.7. The molecule has 2 unspecified atom stereocenters. The number of nitrogens with zero attached hydrogens (tertiary/aromatic N) is 1. The lowest BCUT2D eigenvalue weighted by Gasteiger charge is -2.23. The molecule has 7 nitrogen and oxygen atoms in total. The van der Waals surface area contributed by atoms with Crippen molar-refractivity contribution in [3.8, 4) is 0 Å². The number of H-pyrrole nitrogens is 2. The number of amides is 2. The number of carbonyl (C=O) groups excluding carboxylic acids is 2. The molecule has 2 atom stereocenters. The van der Waals surface area contributed by atoms with E-state index in [9.17, 15) is 14.7 Å². The van der Waals surface area contributed by atoms with Gasteiger partial charge in [-0.3, -0.25) is 19.8 Å². The zero-order valence-corrected chi connectivity index (χ0v) is 21.6. The van der Waals surface area contributed by atoms with Gasteiger partial charge in [-0.05, 0) is 50.0 Å². The molecule has 5 rings (SSSR count). The smallest absolute Gasteiger partial charge is 0.259 e. The lowest BCUT2D eigenvalue weighted by atomic mass is 9.94. The van der Waals surface area contributed by atoms with Gasteiger partial charge in [-0.1, -0.05) is 37.9 Å². The van der Waals surface area contributed by atoms with Crippen LogP contribution in [-0.4, -0.2) is 56.9 Å². The Morgan fingerprint density at radius 1 is 0.912 bits per heavy atom.